The van der Waals surface area contributed by atoms with Gasteiger partial charge in [0.25, 0.3) is 0 Å². The van der Waals surface area contributed by atoms with Crippen LogP contribution in [0.1, 0.15) is 17.5 Å². The number of fused-ring (bicyclic) bond motifs is 1. The van der Waals surface area contributed by atoms with Gasteiger partial charge >= 0.3 is 0 Å². The second kappa shape index (κ2) is 5.85. The molecule has 0 radical (unpaired) electrons. The van der Waals surface area contributed by atoms with E-state index in [1.165, 1.54) is 9.13 Å². The number of carbonyl (C=O) groups excluding carboxylic acids is 1. The number of amides is 1. The Morgan fingerprint density at radius 1 is 1.15 bits per heavy atom. The Morgan fingerprint density at radius 2 is 2.00 bits per heavy atom. The summed E-state index contributed by atoms with van der Waals surface area (Å²) in [4.78, 5) is 14.1. The summed E-state index contributed by atoms with van der Waals surface area (Å²) in [5.41, 5.74) is 3.47. The highest BCUT2D eigenvalue weighted by molar-refractivity contribution is 14.1. The summed E-state index contributed by atoms with van der Waals surface area (Å²) in [7, 11) is 0. The lowest BCUT2D eigenvalue weighted by atomic mass is 10.0. The van der Waals surface area contributed by atoms with Crippen LogP contribution in [0, 0.1) is 3.57 Å². The van der Waals surface area contributed by atoms with Crippen molar-refractivity contribution in [2.45, 2.75) is 19.4 Å². The average Bonchev–Trinajstić information content (AvgIpc) is 2.42. The Kier molecular flexibility index (Phi) is 4.12. The molecule has 0 N–H and O–H groups in total. The van der Waals surface area contributed by atoms with Crippen LogP contribution in [0.3, 0.4) is 0 Å². The highest BCUT2D eigenvalue weighted by Gasteiger charge is 2.24. The van der Waals surface area contributed by atoms with Crippen molar-refractivity contribution in [3.05, 3.63) is 61.6 Å². The zero-order chi connectivity index (χ0) is 14.1. The van der Waals surface area contributed by atoms with E-state index in [2.05, 4.69) is 68.9 Å². The number of nitrogens with zero attached hydrogens (tertiary/aromatic N) is 1. The molecule has 2 aromatic carbocycles. The van der Waals surface area contributed by atoms with E-state index < -0.39 is 0 Å². The van der Waals surface area contributed by atoms with Crippen LogP contribution < -0.4 is 4.90 Å². The van der Waals surface area contributed by atoms with Crippen LogP contribution in [0.2, 0.25) is 0 Å². The minimum Gasteiger partial charge on any atom is -0.308 e. The molecule has 0 saturated heterocycles. The monoisotopic (exact) mass is 441 g/mol. The Balaban J connectivity index is 1.95. The van der Waals surface area contributed by atoms with Gasteiger partial charge in [0.15, 0.2) is 0 Å². The number of benzene rings is 2. The van der Waals surface area contributed by atoms with Crippen molar-refractivity contribution < 1.29 is 4.79 Å². The lowest BCUT2D eigenvalue weighted by Gasteiger charge is -2.29. The van der Waals surface area contributed by atoms with Crippen molar-refractivity contribution >= 4 is 50.1 Å². The van der Waals surface area contributed by atoms with Gasteiger partial charge in [-0.3, -0.25) is 4.79 Å². The number of carbonyl (C=O) groups is 1. The van der Waals surface area contributed by atoms with Crippen molar-refractivity contribution in [3.63, 3.8) is 0 Å². The summed E-state index contributed by atoms with van der Waals surface area (Å²) in [6.07, 6.45) is 1.45. The van der Waals surface area contributed by atoms with E-state index in [-0.39, 0.29) is 5.91 Å². The molecule has 4 heteroatoms. The fourth-order valence-corrected chi connectivity index (χ4v) is 3.52. The number of rotatable bonds is 2. The molecule has 1 heterocycles. The summed E-state index contributed by atoms with van der Waals surface area (Å²) < 4.78 is 2.26. The molecule has 0 unspecified atom stereocenters. The van der Waals surface area contributed by atoms with Crippen LogP contribution in [-0.4, -0.2) is 5.91 Å². The van der Waals surface area contributed by atoms with Crippen molar-refractivity contribution in [1.82, 2.24) is 0 Å². The van der Waals surface area contributed by atoms with E-state index in [1.54, 1.807) is 0 Å². The molecule has 2 aromatic rings. The van der Waals surface area contributed by atoms with Gasteiger partial charge in [0.05, 0.1) is 6.54 Å². The number of hydrogen-bond donors (Lipinski definition) is 0. The van der Waals surface area contributed by atoms with E-state index in [0.717, 1.165) is 22.1 Å². The Morgan fingerprint density at radius 3 is 2.80 bits per heavy atom. The second-order valence-electron chi connectivity index (χ2n) is 4.88. The first-order valence-corrected chi connectivity index (χ1v) is 8.34. The molecule has 102 valence electrons. The van der Waals surface area contributed by atoms with Crippen LogP contribution in [0.5, 0.6) is 0 Å². The zero-order valence-corrected chi connectivity index (χ0v) is 14.5. The first-order valence-electron chi connectivity index (χ1n) is 6.47. The number of halogens is 2. The van der Waals surface area contributed by atoms with Gasteiger partial charge in [0, 0.05) is 20.2 Å². The van der Waals surface area contributed by atoms with Crippen LogP contribution in [0.25, 0.3) is 0 Å². The van der Waals surface area contributed by atoms with Crippen LogP contribution in [0.4, 0.5) is 5.69 Å². The lowest BCUT2D eigenvalue weighted by molar-refractivity contribution is -0.119. The molecule has 0 aliphatic carbocycles. The van der Waals surface area contributed by atoms with Crippen molar-refractivity contribution in [2.75, 3.05) is 4.90 Å². The Bertz CT molecular complexity index is 671. The molecule has 20 heavy (non-hydrogen) atoms. The predicted molar refractivity (Wildman–Crippen MR) is 92.8 cm³/mol. The van der Waals surface area contributed by atoms with Gasteiger partial charge in [-0.15, -0.1) is 0 Å². The molecule has 1 aliphatic heterocycles. The molecule has 0 atom stereocenters. The maximum absolute atomic E-state index is 12.2. The van der Waals surface area contributed by atoms with E-state index in [1.807, 2.05) is 17.0 Å². The van der Waals surface area contributed by atoms with E-state index in [4.69, 9.17) is 0 Å². The molecule has 0 bridgehead atoms. The standard InChI is InChI=1S/C16H13BrINO/c17-13-3-1-2-11(8-13)10-19-15-6-5-14(18)9-12(15)4-7-16(19)20/h1-3,5-6,8-9H,4,7,10H2. The van der Waals surface area contributed by atoms with Crippen molar-refractivity contribution in [1.29, 1.82) is 0 Å². The van der Waals surface area contributed by atoms with Gasteiger partial charge in [-0.05, 0) is 70.5 Å². The van der Waals surface area contributed by atoms with Gasteiger partial charge in [0.2, 0.25) is 5.91 Å². The summed E-state index contributed by atoms with van der Waals surface area (Å²) >= 11 is 5.80. The maximum atomic E-state index is 12.2. The molecule has 0 saturated carbocycles. The largest absolute Gasteiger partial charge is 0.308 e. The minimum atomic E-state index is 0.207. The van der Waals surface area contributed by atoms with E-state index >= 15 is 0 Å². The summed E-state index contributed by atoms with van der Waals surface area (Å²) in [6.45, 7) is 0.631. The summed E-state index contributed by atoms with van der Waals surface area (Å²) in [5, 5.41) is 0. The number of anilines is 1. The summed E-state index contributed by atoms with van der Waals surface area (Å²) in [5.74, 6) is 0.207. The van der Waals surface area contributed by atoms with E-state index in [9.17, 15) is 4.79 Å². The molecule has 1 amide bonds. The number of hydrogen-bond acceptors (Lipinski definition) is 1. The first-order chi connectivity index (χ1) is 9.63. The van der Waals surface area contributed by atoms with Crippen LogP contribution in [-0.2, 0) is 17.8 Å². The third kappa shape index (κ3) is 2.91. The fourth-order valence-electron chi connectivity index (χ4n) is 2.52. The van der Waals surface area contributed by atoms with Crippen LogP contribution >= 0.6 is 38.5 Å². The molecular formula is C16H13BrINO. The Hall–Kier alpha value is -0.880. The third-order valence-corrected chi connectivity index (χ3v) is 4.64. The zero-order valence-electron chi connectivity index (χ0n) is 10.8. The highest BCUT2D eigenvalue weighted by Crippen LogP contribution is 2.30. The smallest absolute Gasteiger partial charge is 0.227 e. The minimum absolute atomic E-state index is 0.207. The molecule has 1 aliphatic rings. The second-order valence-corrected chi connectivity index (χ2v) is 7.04. The normalized spacial score (nSPS) is 14.3. The van der Waals surface area contributed by atoms with Gasteiger partial charge in [-0.25, -0.2) is 0 Å². The van der Waals surface area contributed by atoms with Gasteiger partial charge in [0.1, 0.15) is 0 Å². The average molecular weight is 442 g/mol. The fraction of sp³-hybridized carbons (Fsp3) is 0.188. The van der Waals surface area contributed by atoms with Crippen molar-refractivity contribution in [2.24, 2.45) is 0 Å². The first kappa shape index (κ1) is 14.1. The molecular weight excluding hydrogens is 429 g/mol. The summed E-state index contributed by atoms with van der Waals surface area (Å²) in [6, 6.07) is 14.4. The molecule has 0 spiro atoms. The van der Waals surface area contributed by atoms with Gasteiger partial charge < -0.3 is 4.90 Å². The third-order valence-electron chi connectivity index (χ3n) is 3.47. The quantitative estimate of drug-likeness (QED) is 0.627. The highest BCUT2D eigenvalue weighted by atomic mass is 127. The van der Waals surface area contributed by atoms with Crippen molar-refractivity contribution in [3.8, 4) is 0 Å². The SMILES string of the molecule is O=C1CCc2cc(I)ccc2N1Cc1cccc(Br)c1. The topological polar surface area (TPSA) is 20.3 Å². The number of aryl methyl sites for hydroxylation is 1. The lowest BCUT2D eigenvalue weighted by Crippen LogP contribution is -2.34. The maximum Gasteiger partial charge on any atom is 0.227 e. The predicted octanol–water partition coefficient (Wildman–Crippen LogP) is 4.53. The molecule has 0 aromatic heterocycles. The molecule has 0 fully saturated rings. The van der Waals surface area contributed by atoms with Crippen LogP contribution in [0.15, 0.2) is 46.9 Å². The van der Waals surface area contributed by atoms with Gasteiger partial charge in [-0.2, -0.15) is 0 Å². The van der Waals surface area contributed by atoms with E-state index in [0.29, 0.717) is 13.0 Å². The molecule has 2 nitrogen and oxygen atoms in total. The van der Waals surface area contributed by atoms with Gasteiger partial charge in [-0.1, -0.05) is 28.1 Å². The molecule has 3 rings (SSSR count). The Labute approximate surface area is 140 Å².